The SMILES string of the molecule is CC(C)(C)OC(=O)N1CC[C@@]2(n3ccc4ccccc43)c3ccccc3N(C(=O)OC(C)(C)C)[C@@H]12. The molecule has 0 spiro atoms. The molecule has 3 aromatic rings. The molecule has 2 aliphatic rings. The highest BCUT2D eigenvalue weighted by atomic mass is 16.6. The van der Waals surface area contributed by atoms with E-state index in [2.05, 4.69) is 35.0 Å². The Labute approximate surface area is 206 Å². The molecule has 0 radical (unpaired) electrons. The van der Waals surface area contributed by atoms with Crippen LogP contribution in [0.3, 0.4) is 0 Å². The summed E-state index contributed by atoms with van der Waals surface area (Å²) < 4.78 is 13.9. The molecule has 5 rings (SSSR count). The number of nitrogens with zero attached hydrogens (tertiary/aromatic N) is 3. The number of amides is 2. The Kier molecular flexibility index (Phi) is 5.16. The number of anilines is 1. The van der Waals surface area contributed by atoms with Crippen LogP contribution in [0.4, 0.5) is 15.3 Å². The number of carbonyl (C=O) groups excluding carboxylic acids is 2. The van der Waals surface area contributed by atoms with Crippen molar-refractivity contribution in [3.8, 4) is 0 Å². The van der Waals surface area contributed by atoms with Crippen molar-refractivity contribution in [3.05, 3.63) is 66.4 Å². The summed E-state index contributed by atoms with van der Waals surface area (Å²) in [6.45, 7) is 11.5. The van der Waals surface area contributed by atoms with Crippen LogP contribution >= 0.6 is 0 Å². The van der Waals surface area contributed by atoms with Gasteiger partial charge in [-0.15, -0.1) is 0 Å². The van der Waals surface area contributed by atoms with E-state index in [-0.39, 0.29) is 0 Å². The molecule has 2 aromatic carbocycles. The Bertz CT molecular complexity index is 1300. The van der Waals surface area contributed by atoms with E-state index in [4.69, 9.17) is 9.47 Å². The summed E-state index contributed by atoms with van der Waals surface area (Å²) in [5.41, 5.74) is 0.746. The number of benzene rings is 2. The van der Waals surface area contributed by atoms with Crippen molar-refractivity contribution >= 4 is 28.8 Å². The van der Waals surface area contributed by atoms with Crippen molar-refractivity contribution in [1.82, 2.24) is 9.47 Å². The minimum Gasteiger partial charge on any atom is -0.444 e. The molecule has 3 heterocycles. The van der Waals surface area contributed by atoms with E-state index in [0.29, 0.717) is 13.0 Å². The molecule has 1 fully saturated rings. The minimum atomic E-state index is -0.688. The van der Waals surface area contributed by atoms with Crippen molar-refractivity contribution in [1.29, 1.82) is 0 Å². The van der Waals surface area contributed by atoms with Gasteiger partial charge in [0.2, 0.25) is 0 Å². The van der Waals surface area contributed by atoms with E-state index in [1.165, 1.54) is 0 Å². The van der Waals surface area contributed by atoms with Crippen molar-refractivity contribution in [2.45, 2.75) is 70.9 Å². The first-order valence-electron chi connectivity index (χ1n) is 12.1. The third-order valence-corrected chi connectivity index (χ3v) is 6.58. The molecule has 0 unspecified atom stereocenters. The van der Waals surface area contributed by atoms with Crippen LogP contribution in [0.1, 0.15) is 53.5 Å². The predicted molar refractivity (Wildman–Crippen MR) is 136 cm³/mol. The zero-order valence-electron chi connectivity index (χ0n) is 21.2. The maximum atomic E-state index is 13.7. The highest BCUT2D eigenvalue weighted by molar-refractivity contribution is 5.94. The normalized spacial score (nSPS) is 21.7. The van der Waals surface area contributed by atoms with Crippen LogP contribution in [0.15, 0.2) is 60.8 Å². The Morgan fingerprint density at radius 3 is 2.20 bits per heavy atom. The van der Waals surface area contributed by atoms with Crippen LogP contribution in [0, 0.1) is 0 Å². The number of carbonyl (C=O) groups is 2. The fraction of sp³-hybridized carbons (Fsp3) is 0.429. The highest BCUT2D eigenvalue weighted by Crippen LogP contribution is 2.54. The van der Waals surface area contributed by atoms with E-state index in [1.807, 2.05) is 71.9 Å². The molecule has 2 amide bonds. The summed E-state index contributed by atoms with van der Waals surface area (Å²) in [6.07, 6.45) is 1.13. The van der Waals surface area contributed by atoms with Gasteiger partial charge in [0.15, 0.2) is 0 Å². The van der Waals surface area contributed by atoms with Crippen molar-refractivity contribution in [2.24, 2.45) is 0 Å². The number of likely N-dealkylation sites (tertiary alicyclic amines) is 1. The van der Waals surface area contributed by atoms with Gasteiger partial charge in [0.05, 0.1) is 5.69 Å². The van der Waals surface area contributed by atoms with Gasteiger partial charge in [-0.1, -0.05) is 36.4 Å². The molecule has 2 aliphatic heterocycles. The second-order valence-electron chi connectivity index (χ2n) is 11.3. The standard InChI is InChI=1S/C28H33N3O4/c1-26(2,3)34-24(32)29-18-16-28(30-17-15-19-11-7-9-13-21(19)30)20-12-8-10-14-22(20)31(23(28)29)25(33)35-27(4,5)6/h7-15,17,23H,16,18H2,1-6H3/t23-,28-/m1/s1. The fourth-order valence-electron chi connectivity index (χ4n) is 5.43. The maximum absolute atomic E-state index is 13.7. The molecule has 0 aliphatic carbocycles. The van der Waals surface area contributed by atoms with Crippen LogP contribution in [-0.4, -0.2) is 45.6 Å². The second-order valence-corrected chi connectivity index (χ2v) is 11.3. The van der Waals surface area contributed by atoms with Gasteiger partial charge in [0.25, 0.3) is 0 Å². The Morgan fingerprint density at radius 1 is 0.857 bits per heavy atom. The molecule has 35 heavy (non-hydrogen) atoms. The lowest BCUT2D eigenvalue weighted by Crippen LogP contribution is -2.57. The van der Waals surface area contributed by atoms with Gasteiger partial charge < -0.3 is 14.0 Å². The summed E-state index contributed by atoms with van der Waals surface area (Å²) in [7, 11) is 0. The molecule has 2 atom stereocenters. The average Bonchev–Trinajstić information content (AvgIpc) is 3.41. The van der Waals surface area contributed by atoms with Gasteiger partial charge in [-0.3, -0.25) is 9.80 Å². The molecule has 7 nitrogen and oxygen atoms in total. The van der Waals surface area contributed by atoms with E-state index in [0.717, 1.165) is 22.2 Å². The topological polar surface area (TPSA) is 64.0 Å². The highest BCUT2D eigenvalue weighted by Gasteiger charge is 2.62. The number of hydrogen-bond acceptors (Lipinski definition) is 4. The summed E-state index contributed by atoms with van der Waals surface area (Å²) >= 11 is 0. The Balaban J connectivity index is 1.73. The third-order valence-electron chi connectivity index (χ3n) is 6.58. The van der Waals surface area contributed by atoms with Gasteiger partial charge in [-0.2, -0.15) is 0 Å². The first-order valence-corrected chi connectivity index (χ1v) is 12.1. The lowest BCUT2D eigenvalue weighted by Gasteiger charge is -2.39. The zero-order valence-corrected chi connectivity index (χ0v) is 21.2. The van der Waals surface area contributed by atoms with Crippen LogP contribution in [0.25, 0.3) is 10.9 Å². The lowest BCUT2D eigenvalue weighted by molar-refractivity contribution is 0.0169. The first-order chi connectivity index (χ1) is 16.4. The third kappa shape index (κ3) is 3.74. The molecule has 7 heteroatoms. The summed E-state index contributed by atoms with van der Waals surface area (Å²) in [5, 5.41) is 1.10. The van der Waals surface area contributed by atoms with E-state index >= 15 is 0 Å². The summed E-state index contributed by atoms with van der Waals surface area (Å²) in [6, 6.07) is 18.1. The van der Waals surface area contributed by atoms with Gasteiger partial charge >= 0.3 is 12.2 Å². The zero-order chi connectivity index (χ0) is 25.2. The van der Waals surface area contributed by atoms with Gasteiger partial charge in [0, 0.05) is 23.8 Å². The van der Waals surface area contributed by atoms with Gasteiger partial charge in [0.1, 0.15) is 22.9 Å². The van der Waals surface area contributed by atoms with Crippen LogP contribution in [0.2, 0.25) is 0 Å². The molecular formula is C28H33N3O4. The second kappa shape index (κ2) is 7.77. The molecule has 0 saturated carbocycles. The quantitative estimate of drug-likeness (QED) is 0.426. The number of para-hydroxylation sites is 2. The van der Waals surface area contributed by atoms with Crippen LogP contribution in [-0.2, 0) is 15.0 Å². The van der Waals surface area contributed by atoms with Crippen LogP contribution in [0.5, 0.6) is 0 Å². The summed E-state index contributed by atoms with van der Waals surface area (Å²) in [4.78, 5) is 30.5. The number of aromatic nitrogens is 1. The van der Waals surface area contributed by atoms with Gasteiger partial charge in [-0.05, 0) is 71.5 Å². The Hall–Kier alpha value is -3.48. The van der Waals surface area contributed by atoms with Crippen molar-refractivity contribution in [2.75, 3.05) is 11.4 Å². The molecule has 1 saturated heterocycles. The lowest BCUT2D eigenvalue weighted by atomic mass is 9.88. The predicted octanol–water partition coefficient (Wildman–Crippen LogP) is 6.11. The number of fused-ring (bicyclic) bond motifs is 4. The van der Waals surface area contributed by atoms with E-state index in [9.17, 15) is 9.59 Å². The molecule has 1 aromatic heterocycles. The van der Waals surface area contributed by atoms with Gasteiger partial charge in [-0.25, -0.2) is 9.59 Å². The molecule has 0 N–H and O–H groups in total. The molecular weight excluding hydrogens is 442 g/mol. The molecule has 0 bridgehead atoms. The summed E-state index contributed by atoms with van der Waals surface area (Å²) in [5.74, 6) is 0. The minimum absolute atomic E-state index is 0.442. The van der Waals surface area contributed by atoms with Crippen LogP contribution < -0.4 is 4.90 Å². The molecule has 184 valence electrons. The van der Waals surface area contributed by atoms with Crippen molar-refractivity contribution < 1.29 is 19.1 Å². The van der Waals surface area contributed by atoms with E-state index < -0.39 is 35.1 Å². The number of rotatable bonds is 1. The maximum Gasteiger partial charge on any atom is 0.416 e. The fourth-order valence-corrected chi connectivity index (χ4v) is 5.43. The Morgan fingerprint density at radius 2 is 1.49 bits per heavy atom. The number of ether oxygens (including phenoxy) is 2. The smallest absolute Gasteiger partial charge is 0.416 e. The monoisotopic (exact) mass is 475 g/mol. The number of hydrogen-bond donors (Lipinski definition) is 0. The van der Waals surface area contributed by atoms with E-state index in [1.54, 1.807) is 9.80 Å². The van der Waals surface area contributed by atoms with Crippen molar-refractivity contribution in [3.63, 3.8) is 0 Å². The largest absolute Gasteiger partial charge is 0.444 e. The first kappa shape index (κ1) is 23.3. The average molecular weight is 476 g/mol.